The lowest BCUT2D eigenvalue weighted by molar-refractivity contribution is 0.313. The minimum atomic E-state index is 0.566. The molecule has 3 N–H and O–H groups in total. The second-order valence-electron chi connectivity index (χ2n) is 5.03. The van der Waals surface area contributed by atoms with Crippen molar-refractivity contribution < 1.29 is 0 Å². The maximum absolute atomic E-state index is 5.71. The van der Waals surface area contributed by atoms with E-state index in [0.29, 0.717) is 6.54 Å². The molecule has 4 nitrogen and oxygen atoms in total. The zero-order chi connectivity index (χ0) is 12.5. The van der Waals surface area contributed by atoms with Gasteiger partial charge in [-0.25, -0.2) is 0 Å². The van der Waals surface area contributed by atoms with Crippen molar-refractivity contribution in [3.63, 3.8) is 0 Å². The largest absolute Gasteiger partial charge is 0.367 e. The third-order valence-corrected chi connectivity index (χ3v) is 3.75. The Kier molecular flexibility index (Phi) is 2.97. The molecule has 1 saturated heterocycles. The summed E-state index contributed by atoms with van der Waals surface area (Å²) in [5, 5.41) is 1.26. The van der Waals surface area contributed by atoms with Gasteiger partial charge in [0.15, 0.2) is 0 Å². The van der Waals surface area contributed by atoms with Crippen LogP contribution in [0.4, 0.5) is 5.69 Å². The molecule has 18 heavy (non-hydrogen) atoms. The van der Waals surface area contributed by atoms with Crippen molar-refractivity contribution in [2.24, 2.45) is 5.73 Å². The molecule has 0 saturated carbocycles. The molecule has 1 aromatic carbocycles. The fraction of sp³-hybridized carbons (Fsp3) is 0.429. The molecule has 0 radical (unpaired) electrons. The van der Waals surface area contributed by atoms with Gasteiger partial charge in [-0.2, -0.15) is 0 Å². The van der Waals surface area contributed by atoms with Crippen LogP contribution in [0.2, 0.25) is 0 Å². The number of nitrogens with two attached hydrogens (primary N) is 1. The van der Waals surface area contributed by atoms with Crippen LogP contribution in [-0.2, 0) is 6.54 Å². The third-order valence-electron chi connectivity index (χ3n) is 3.75. The standard InChI is InChI=1S/C14H20N4/c1-17-5-7-18(8-6-17)13-4-2-3-11-9-12(10-15)16-14(11)13/h2-4,9,16H,5-8,10,15H2,1H3. The first-order valence-corrected chi connectivity index (χ1v) is 6.52. The average molecular weight is 244 g/mol. The van der Waals surface area contributed by atoms with Crippen LogP contribution in [0.15, 0.2) is 24.3 Å². The second kappa shape index (κ2) is 4.63. The third kappa shape index (κ3) is 1.98. The molecule has 2 heterocycles. The van der Waals surface area contributed by atoms with E-state index >= 15 is 0 Å². The summed E-state index contributed by atoms with van der Waals surface area (Å²) in [5.74, 6) is 0. The number of nitrogens with zero attached hydrogens (tertiary/aromatic N) is 2. The number of para-hydroxylation sites is 1. The number of fused-ring (bicyclic) bond motifs is 1. The van der Waals surface area contributed by atoms with Crippen LogP contribution in [0.25, 0.3) is 10.9 Å². The fourth-order valence-corrected chi connectivity index (χ4v) is 2.62. The van der Waals surface area contributed by atoms with Gasteiger partial charge in [0.1, 0.15) is 0 Å². The number of aromatic amines is 1. The number of anilines is 1. The number of piperazine rings is 1. The summed E-state index contributed by atoms with van der Waals surface area (Å²) in [6, 6.07) is 8.62. The van der Waals surface area contributed by atoms with Crippen molar-refractivity contribution >= 4 is 16.6 Å². The highest BCUT2D eigenvalue weighted by Gasteiger charge is 2.16. The van der Waals surface area contributed by atoms with Crippen LogP contribution < -0.4 is 10.6 Å². The molecule has 1 aliphatic heterocycles. The summed E-state index contributed by atoms with van der Waals surface area (Å²) >= 11 is 0. The van der Waals surface area contributed by atoms with E-state index in [4.69, 9.17) is 5.73 Å². The van der Waals surface area contributed by atoms with Gasteiger partial charge >= 0.3 is 0 Å². The Labute approximate surface area is 107 Å². The molecule has 0 atom stereocenters. The molecule has 3 rings (SSSR count). The van der Waals surface area contributed by atoms with Crippen molar-refractivity contribution in [2.75, 3.05) is 38.1 Å². The minimum Gasteiger partial charge on any atom is -0.367 e. The van der Waals surface area contributed by atoms with Gasteiger partial charge in [-0.1, -0.05) is 12.1 Å². The summed E-state index contributed by atoms with van der Waals surface area (Å²) in [5.41, 5.74) is 9.34. The van der Waals surface area contributed by atoms with E-state index < -0.39 is 0 Å². The molecule has 0 bridgehead atoms. The Bertz CT molecular complexity index is 538. The van der Waals surface area contributed by atoms with E-state index in [9.17, 15) is 0 Å². The van der Waals surface area contributed by atoms with Crippen LogP contribution in [0.1, 0.15) is 5.69 Å². The van der Waals surface area contributed by atoms with Crippen molar-refractivity contribution in [1.82, 2.24) is 9.88 Å². The second-order valence-corrected chi connectivity index (χ2v) is 5.03. The smallest absolute Gasteiger partial charge is 0.0694 e. The molecular formula is C14H20N4. The number of rotatable bonds is 2. The minimum absolute atomic E-state index is 0.566. The molecule has 0 spiro atoms. The number of likely N-dealkylation sites (N-methyl/N-ethyl adjacent to an activating group) is 1. The Balaban J connectivity index is 1.98. The Hall–Kier alpha value is -1.52. The summed E-state index contributed by atoms with van der Waals surface area (Å²) in [6.45, 7) is 5.00. The zero-order valence-corrected chi connectivity index (χ0v) is 10.8. The lowest BCUT2D eigenvalue weighted by Crippen LogP contribution is -2.44. The van der Waals surface area contributed by atoms with Gasteiger partial charge in [0.25, 0.3) is 0 Å². The predicted molar refractivity (Wildman–Crippen MR) is 75.9 cm³/mol. The quantitative estimate of drug-likeness (QED) is 0.839. The van der Waals surface area contributed by atoms with E-state index in [-0.39, 0.29) is 0 Å². The van der Waals surface area contributed by atoms with Crippen LogP contribution in [0, 0.1) is 0 Å². The topological polar surface area (TPSA) is 48.3 Å². The van der Waals surface area contributed by atoms with Gasteiger partial charge in [-0.15, -0.1) is 0 Å². The van der Waals surface area contributed by atoms with Crippen molar-refractivity contribution in [3.05, 3.63) is 30.0 Å². The monoisotopic (exact) mass is 244 g/mol. The highest BCUT2D eigenvalue weighted by Crippen LogP contribution is 2.27. The molecule has 96 valence electrons. The van der Waals surface area contributed by atoms with Gasteiger partial charge in [-0.05, 0) is 19.2 Å². The Morgan fingerprint density at radius 1 is 1.22 bits per heavy atom. The van der Waals surface area contributed by atoms with Crippen LogP contribution in [0.3, 0.4) is 0 Å². The molecule has 1 fully saturated rings. The van der Waals surface area contributed by atoms with E-state index in [1.54, 1.807) is 0 Å². The average Bonchev–Trinajstić information content (AvgIpc) is 2.82. The number of benzene rings is 1. The van der Waals surface area contributed by atoms with Gasteiger partial charge < -0.3 is 20.5 Å². The van der Waals surface area contributed by atoms with Crippen LogP contribution >= 0.6 is 0 Å². The van der Waals surface area contributed by atoms with Gasteiger partial charge in [0.05, 0.1) is 11.2 Å². The lowest BCUT2D eigenvalue weighted by Gasteiger charge is -2.34. The molecule has 0 unspecified atom stereocenters. The van der Waals surface area contributed by atoms with Gasteiger partial charge in [0.2, 0.25) is 0 Å². The van der Waals surface area contributed by atoms with E-state index in [1.165, 1.54) is 16.6 Å². The molecule has 1 aromatic heterocycles. The first-order chi connectivity index (χ1) is 8.78. The van der Waals surface area contributed by atoms with Gasteiger partial charge in [-0.3, -0.25) is 0 Å². The van der Waals surface area contributed by atoms with Crippen molar-refractivity contribution in [2.45, 2.75) is 6.54 Å². The first kappa shape index (κ1) is 11.6. The molecule has 4 heteroatoms. The van der Waals surface area contributed by atoms with Crippen molar-refractivity contribution in [3.8, 4) is 0 Å². The highest BCUT2D eigenvalue weighted by atomic mass is 15.2. The Morgan fingerprint density at radius 3 is 2.72 bits per heavy atom. The highest BCUT2D eigenvalue weighted by molar-refractivity contribution is 5.92. The normalized spacial score (nSPS) is 17.6. The zero-order valence-electron chi connectivity index (χ0n) is 10.8. The lowest BCUT2D eigenvalue weighted by atomic mass is 10.2. The van der Waals surface area contributed by atoms with E-state index in [1.807, 2.05) is 0 Å². The number of nitrogens with one attached hydrogen (secondary N) is 1. The predicted octanol–water partition coefficient (Wildman–Crippen LogP) is 1.38. The van der Waals surface area contributed by atoms with Crippen LogP contribution in [0.5, 0.6) is 0 Å². The number of aromatic nitrogens is 1. The Morgan fingerprint density at radius 2 is 2.00 bits per heavy atom. The summed E-state index contributed by atoms with van der Waals surface area (Å²) in [4.78, 5) is 8.27. The fourth-order valence-electron chi connectivity index (χ4n) is 2.62. The van der Waals surface area contributed by atoms with E-state index in [0.717, 1.165) is 31.9 Å². The molecule has 1 aliphatic rings. The maximum Gasteiger partial charge on any atom is 0.0694 e. The summed E-state index contributed by atoms with van der Waals surface area (Å²) in [7, 11) is 2.18. The summed E-state index contributed by atoms with van der Waals surface area (Å²) in [6.07, 6.45) is 0. The molecular weight excluding hydrogens is 224 g/mol. The van der Waals surface area contributed by atoms with Gasteiger partial charge in [0, 0.05) is 43.8 Å². The molecule has 0 amide bonds. The first-order valence-electron chi connectivity index (χ1n) is 6.52. The van der Waals surface area contributed by atoms with E-state index in [2.05, 4.69) is 46.1 Å². The SMILES string of the molecule is CN1CCN(c2cccc3cc(CN)[nH]c23)CC1. The summed E-state index contributed by atoms with van der Waals surface area (Å²) < 4.78 is 0. The molecule has 2 aromatic rings. The number of H-pyrrole nitrogens is 1. The van der Waals surface area contributed by atoms with Crippen LogP contribution in [-0.4, -0.2) is 43.1 Å². The molecule has 0 aliphatic carbocycles. The van der Waals surface area contributed by atoms with Crippen molar-refractivity contribution in [1.29, 1.82) is 0 Å². The number of hydrogen-bond donors (Lipinski definition) is 2. The number of hydrogen-bond acceptors (Lipinski definition) is 3. The maximum atomic E-state index is 5.71.